The number of nitrogens with one attached hydrogen (secondary N) is 1. The van der Waals surface area contributed by atoms with Crippen LogP contribution in [0.2, 0.25) is 5.02 Å². The Morgan fingerprint density at radius 1 is 1.50 bits per heavy atom. The van der Waals surface area contributed by atoms with Crippen molar-refractivity contribution in [3.8, 4) is 5.75 Å². The van der Waals surface area contributed by atoms with Crippen LogP contribution in [0.1, 0.15) is 5.56 Å². The number of anilines is 1. The lowest BCUT2D eigenvalue weighted by molar-refractivity contribution is 0.414. The highest BCUT2D eigenvalue weighted by atomic mass is 35.5. The third-order valence-corrected chi connectivity index (χ3v) is 2.38. The van der Waals surface area contributed by atoms with E-state index in [4.69, 9.17) is 16.3 Å². The molecule has 12 heavy (non-hydrogen) atoms. The first-order valence-corrected chi connectivity index (χ1v) is 4.29. The molecule has 1 heterocycles. The number of rotatable bonds is 1. The molecule has 0 bridgehead atoms. The third-order valence-electron chi connectivity index (χ3n) is 2.08. The minimum Gasteiger partial charge on any atom is -0.497 e. The van der Waals surface area contributed by atoms with E-state index in [0.29, 0.717) is 0 Å². The van der Waals surface area contributed by atoms with Gasteiger partial charge in [-0.2, -0.15) is 0 Å². The van der Waals surface area contributed by atoms with E-state index in [0.717, 1.165) is 29.4 Å². The molecule has 3 heteroatoms. The van der Waals surface area contributed by atoms with Crippen molar-refractivity contribution < 1.29 is 4.74 Å². The second-order valence-electron chi connectivity index (χ2n) is 2.82. The van der Waals surface area contributed by atoms with E-state index in [1.165, 1.54) is 5.56 Å². The van der Waals surface area contributed by atoms with Crippen molar-refractivity contribution in [1.29, 1.82) is 0 Å². The zero-order chi connectivity index (χ0) is 8.55. The topological polar surface area (TPSA) is 21.3 Å². The molecular weight excluding hydrogens is 174 g/mol. The number of ether oxygens (including phenoxy) is 1. The fourth-order valence-electron chi connectivity index (χ4n) is 1.47. The number of hydrogen-bond acceptors (Lipinski definition) is 2. The summed E-state index contributed by atoms with van der Waals surface area (Å²) in [6.45, 7) is 0.974. The highest BCUT2D eigenvalue weighted by Gasteiger charge is 2.14. The summed E-state index contributed by atoms with van der Waals surface area (Å²) >= 11 is 6.01. The minimum absolute atomic E-state index is 0.752. The molecule has 0 saturated heterocycles. The number of halogens is 1. The monoisotopic (exact) mass is 183 g/mol. The number of methoxy groups -OCH3 is 1. The lowest BCUT2D eigenvalue weighted by Gasteiger charge is -2.05. The molecule has 1 N–H and O–H groups in total. The highest BCUT2D eigenvalue weighted by molar-refractivity contribution is 6.33. The van der Waals surface area contributed by atoms with Crippen molar-refractivity contribution in [3.63, 3.8) is 0 Å². The molecule has 1 aliphatic rings. The molecule has 0 unspecified atom stereocenters. The zero-order valence-corrected chi connectivity index (χ0v) is 7.61. The van der Waals surface area contributed by atoms with Gasteiger partial charge < -0.3 is 10.1 Å². The summed E-state index contributed by atoms with van der Waals surface area (Å²) in [7, 11) is 1.65. The van der Waals surface area contributed by atoms with Crippen molar-refractivity contribution in [1.82, 2.24) is 0 Å². The lowest BCUT2D eigenvalue weighted by atomic mass is 10.1. The standard InChI is InChI=1S/C9H10ClNO/c1-12-7-4-6-2-3-11-9(6)8(10)5-7/h4-5,11H,2-3H2,1H3. The fourth-order valence-corrected chi connectivity index (χ4v) is 1.77. The molecule has 2 rings (SSSR count). The Morgan fingerprint density at radius 3 is 3.08 bits per heavy atom. The van der Waals surface area contributed by atoms with E-state index >= 15 is 0 Å². The van der Waals surface area contributed by atoms with Gasteiger partial charge in [0.25, 0.3) is 0 Å². The van der Waals surface area contributed by atoms with Gasteiger partial charge in [0.2, 0.25) is 0 Å². The van der Waals surface area contributed by atoms with E-state index < -0.39 is 0 Å². The molecule has 64 valence electrons. The third kappa shape index (κ3) is 1.12. The van der Waals surface area contributed by atoms with Crippen LogP contribution in [0.5, 0.6) is 5.75 Å². The fraction of sp³-hybridized carbons (Fsp3) is 0.333. The maximum Gasteiger partial charge on any atom is 0.120 e. The SMILES string of the molecule is COc1cc(Cl)c2c(c1)CCN2. The summed E-state index contributed by atoms with van der Waals surface area (Å²) in [6, 6.07) is 3.86. The van der Waals surface area contributed by atoms with Crippen molar-refractivity contribution in [2.45, 2.75) is 6.42 Å². The lowest BCUT2D eigenvalue weighted by Crippen LogP contribution is -1.91. The van der Waals surface area contributed by atoms with Gasteiger partial charge in [0, 0.05) is 12.6 Å². The maximum atomic E-state index is 6.01. The zero-order valence-electron chi connectivity index (χ0n) is 6.86. The summed E-state index contributed by atoms with van der Waals surface area (Å²) in [5.74, 6) is 0.836. The van der Waals surface area contributed by atoms with Crippen LogP contribution in [0.15, 0.2) is 12.1 Å². The Balaban J connectivity index is 2.51. The molecule has 0 spiro atoms. The maximum absolute atomic E-state index is 6.01. The average molecular weight is 184 g/mol. The molecule has 0 atom stereocenters. The first-order valence-electron chi connectivity index (χ1n) is 3.91. The van der Waals surface area contributed by atoms with Crippen molar-refractivity contribution >= 4 is 17.3 Å². The first kappa shape index (κ1) is 7.74. The molecule has 0 aromatic heterocycles. The normalized spacial score (nSPS) is 13.8. The van der Waals surface area contributed by atoms with E-state index in [-0.39, 0.29) is 0 Å². The molecule has 0 aliphatic carbocycles. The van der Waals surface area contributed by atoms with Gasteiger partial charge in [0.15, 0.2) is 0 Å². The molecule has 1 aliphatic heterocycles. The van der Waals surface area contributed by atoms with Gasteiger partial charge in [-0.3, -0.25) is 0 Å². The van der Waals surface area contributed by atoms with Crippen molar-refractivity contribution in [3.05, 3.63) is 22.7 Å². The minimum atomic E-state index is 0.752. The van der Waals surface area contributed by atoms with Gasteiger partial charge in [-0.1, -0.05) is 11.6 Å². The first-order chi connectivity index (χ1) is 5.81. The van der Waals surface area contributed by atoms with E-state index in [1.54, 1.807) is 7.11 Å². The Hall–Kier alpha value is -0.890. The Labute approximate surface area is 76.5 Å². The quantitative estimate of drug-likeness (QED) is 0.722. The van der Waals surface area contributed by atoms with Crippen molar-refractivity contribution in [2.75, 3.05) is 19.0 Å². The van der Waals surface area contributed by atoms with Gasteiger partial charge in [-0.25, -0.2) is 0 Å². The number of fused-ring (bicyclic) bond motifs is 1. The average Bonchev–Trinajstić information content (AvgIpc) is 2.52. The van der Waals surface area contributed by atoms with E-state index in [2.05, 4.69) is 5.32 Å². The van der Waals surface area contributed by atoms with Crippen LogP contribution in [-0.2, 0) is 6.42 Å². The number of hydrogen-bond donors (Lipinski definition) is 1. The molecule has 1 aromatic rings. The predicted molar refractivity (Wildman–Crippen MR) is 50.2 cm³/mol. The second-order valence-corrected chi connectivity index (χ2v) is 3.23. The van der Waals surface area contributed by atoms with Crippen LogP contribution in [-0.4, -0.2) is 13.7 Å². The van der Waals surface area contributed by atoms with Gasteiger partial charge in [-0.05, 0) is 18.1 Å². The predicted octanol–water partition coefficient (Wildman–Crippen LogP) is 2.32. The molecular formula is C9H10ClNO. The highest BCUT2D eigenvalue weighted by Crippen LogP contribution is 2.34. The Bertz CT molecular complexity index is 312. The largest absolute Gasteiger partial charge is 0.497 e. The molecule has 0 saturated carbocycles. The van der Waals surface area contributed by atoms with Gasteiger partial charge in [0.05, 0.1) is 17.8 Å². The molecule has 0 fully saturated rings. The Morgan fingerprint density at radius 2 is 2.33 bits per heavy atom. The smallest absolute Gasteiger partial charge is 0.120 e. The van der Waals surface area contributed by atoms with E-state index in [9.17, 15) is 0 Å². The summed E-state index contributed by atoms with van der Waals surface area (Å²) in [4.78, 5) is 0. The van der Waals surface area contributed by atoms with Crippen LogP contribution in [0.3, 0.4) is 0 Å². The van der Waals surface area contributed by atoms with Gasteiger partial charge in [-0.15, -0.1) is 0 Å². The summed E-state index contributed by atoms with van der Waals surface area (Å²) in [5, 5.41) is 3.98. The second kappa shape index (κ2) is 2.87. The summed E-state index contributed by atoms with van der Waals surface area (Å²) in [5.41, 5.74) is 2.32. The van der Waals surface area contributed by atoms with Crippen LogP contribution in [0.4, 0.5) is 5.69 Å². The van der Waals surface area contributed by atoms with Gasteiger partial charge in [0.1, 0.15) is 5.75 Å². The molecule has 0 amide bonds. The van der Waals surface area contributed by atoms with Crippen LogP contribution in [0.25, 0.3) is 0 Å². The van der Waals surface area contributed by atoms with Gasteiger partial charge >= 0.3 is 0 Å². The van der Waals surface area contributed by atoms with Crippen LogP contribution in [0, 0.1) is 0 Å². The molecule has 1 aromatic carbocycles. The van der Waals surface area contributed by atoms with Crippen LogP contribution >= 0.6 is 11.6 Å². The van der Waals surface area contributed by atoms with Crippen LogP contribution < -0.4 is 10.1 Å². The van der Waals surface area contributed by atoms with E-state index in [1.807, 2.05) is 12.1 Å². The van der Waals surface area contributed by atoms with Crippen molar-refractivity contribution in [2.24, 2.45) is 0 Å². The summed E-state index contributed by atoms with van der Waals surface area (Å²) in [6.07, 6.45) is 1.03. The molecule has 0 radical (unpaired) electrons. The molecule has 2 nitrogen and oxygen atoms in total. The number of benzene rings is 1. The Kier molecular flexibility index (Phi) is 1.85. The summed E-state index contributed by atoms with van der Waals surface area (Å²) < 4.78 is 5.11.